The molecule has 1 saturated heterocycles. The van der Waals surface area contributed by atoms with Gasteiger partial charge in [0.05, 0.1) is 4.11 Å². The number of alkyl halides is 1. The molecular weight excluding hydrogens is 259 g/mol. The number of aromatic amines is 1. The summed E-state index contributed by atoms with van der Waals surface area (Å²) in [5.41, 5.74) is -2.53. The minimum Gasteiger partial charge on any atom is -0.390 e. The number of nitrogens with zero attached hydrogens (tertiary/aromatic N) is 1. The lowest BCUT2D eigenvalue weighted by molar-refractivity contribution is -0.180. The Kier molecular flexibility index (Phi) is 2.41. The maximum Gasteiger partial charge on any atom is 0.330 e. The summed E-state index contributed by atoms with van der Waals surface area (Å²) in [6.45, 7) is -3.53. The van der Waals surface area contributed by atoms with Crippen LogP contribution in [0, 0.1) is 12.3 Å². The largest absolute Gasteiger partial charge is 0.390 e. The zero-order chi connectivity index (χ0) is 16.9. The summed E-state index contributed by atoms with van der Waals surface area (Å²) in [5.74, 6) is -1.50. The molecule has 1 aliphatic rings. The molecule has 0 saturated carbocycles. The molecule has 2 rings (SSSR count). The van der Waals surface area contributed by atoms with Crippen molar-refractivity contribution < 1.29 is 23.5 Å². The van der Waals surface area contributed by atoms with Gasteiger partial charge in [-0.15, -0.1) is 6.42 Å². The number of aliphatic hydroxyl groups is 2. The second-order valence-electron chi connectivity index (χ2n) is 3.82. The third-order valence-corrected chi connectivity index (χ3v) is 2.51. The molecule has 0 bridgehead atoms. The molecule has 1 aromatic rings. The van der Waals surface area contributed by atoms with E-state index in [-0.39, 0.29) is 5.56 Å². The zero-order valence-electron chi connectivity index (χ0n) is 12.4. The van der Waals surface area contributed by atoms with Crippen molar-refractivity contribution in [2.24, 2.45) is 0 Å². The molecule has 102 valence electrons. The lowest BCUT2D eigenvalue weighted by Gasteiger charge is -2.19. The zero-order valence-corrected chi connectivity index (χ0v) is 9.38. The van der Waals surface area contributed by atoms with Gasteiger partial charge in [0.2, 0.25) is 5.85 Å². The summed E-state index contributed by atoms with van der Waals surface area (Å²) >= 11 is 0. The molecule has 3 N–H and O–H groups in total. The van der Waals surface area contributed by atoms with Crippen molar-refractivity contribution in [2.75, 3.05) is 6.56 Å². The van der Waals surface area contributed by atoms with E-state index < -0.39 is 42.4 Å². The predicted octanol–water partition coefficient (Wildman–Crippen LogP) is -1.54. The first-order chi connectivity index (χ1) is 9.94. The molecule has 0 aliphatic carbocycles. The Morgan fingerprint density at radius 2 is 2.53 bits per heavy atom. The Morgan fingerprint density at radius 3 is 3.05 bits per heavy atom. The van der Waals surface area contributed by atoms with E-state index in [0.29, 0.717) is 10.8 Å². The Morgan fingerprint density at radius 1 is 1.84 bits per heavy atom. The molecule has 0 unspecified atom stereocenters. The third kappa shape index (κ3) is 2.31. The molecule has 7 nitrogen and oxygen atoms in total. The monoisotopic (exact) mass is 273 g/mol. The number of hydrogen-bond donors (Lipinski definition) is 3. The van der Waals surface area contributed by atoms with Crippen LogP contribution >= 0.6 is 0 Å². The summed E-state index contributed by atoms with van der Waals surface area (Å²) in [6.07, 6.45) is -0.206. The van der Waals surface area contributed by atoms with Gasteiger partial charge in [0.25, 0.3) is 5.56 Å². The van der Waals surface area contributed by atoms with Gasteiger partial charge >= 0.3 is 5.69 Å². The number of nitrogens with one attached hydrogen (secondary N) is 1. The van der Waals surface area contributed by atoms with Gasteiger partial charge in [-0.05, 0) is 0 Å². The highest BCUT2D eigenvalue weighted by atomic mass is 19.2. The van der Waals surface area contributed by atoms with Crippen molar-refractivity contribution in [3.8, 4) is 12.3 Å². The second-order valence-corrected chi connectivity index (χ2v) is 3.82. The van der Waals surface area contributed by atoms with E-state index >= 15 is 0 Å². The maximum atomic E-state index is 14.3. The highest BCUT2D eigenvalue weighted by Gasteiger charge is 2.47. The van der Waals surface area contributed by atoms with Gasteiger partial charge < -0.3 is 14.9 Å². The smallest absolute Gasteiger partial charge is 0.330 e. The summed E-state index contributed by atoms with van der Waals surface area (Å²) in [5, 5.41) is 19.0. The molecule has 8 heteroatoms. The molecule has 0 aromatic carbocycles. The number of aromatic nitrogens is 2. The van der Waals surface area contributed by atoms with E-state index in [1.807, 2.05) is 5.92 Å². The summed E-state index contributed by atoms with van der Waals surface area (Å²) in [4.78, 5) is 24.9. The second kappa shape index (κ2) is 4.62. The van der Waals surface area contributed by atoms with Crippen LogP contribution in [0.15, 0.2) is 15.8 Å². The van der Waals surface area contributed by atoms with Crippen LogP contribution in [0.25, 0.3) is 0 Å². The fourth-order valence-electron chi connectivity index (χ4n) is 1.63. The van der Waals surface area contributed by atoms with E-state index in [4.69, 9.17) is 15.6 Å². The first kappa shape index (κ1) is 9.91. The highest BCUT2D eigenvalue weighted by molar-refractivity contribution is 5.26. The Labute approximate surface area is 110 Å². The van der Waals surface area contributed by atoms with Crippen LogP contribution in [0.2, 0.25) is 0 Å². The van der Waals surface area contributed by atoms with E-state index in [2.05, 4.69) is 4.74 Å². The Hall–Kier alpha value is -1.95. The van der Waals surface area contributed by atoms with Crippen LogP contribution in [0.1, 0.15) is 22.3 Å². The van der Waals surface area contributed by atoms with Gasteiger partial charge in [-0.1, -0.05) is 5.92 Å². The van der Waals surface area contributed by atoms with Crippen LogP contribution in [0.3, 0.4) is 0 Å². The minimum absolute atomic E-state index is 0.321. The van der Waals surface area contributed by atoms with Gasteiger partial charge in [-0.25, -0.2) is 9.18 Å². The molecule has 0 spiro atoms. The average Bonchev–Trinajstić information content (AvgIpc) is 2.61. The topological polar surface area (TPSA) is 105 Å². The predicted molar refractivity (Wildman–Crippen MR) is 60.9 cm³/mol. The summed E-state index contributed by atoms with van der Waals surface area (Å²) in [6, 6.07) is 0. The number of halogens is 1. The SMILES string of the molecule is [2H]C([2H])(O)[C@]1(F)C[C@@H](O)[C@]([2H])(n2cc(C#C)c(=O)[nH]c2=O)O1. The van der Waals surface area contributed by atoms with Crippen molar-refractivity contribution in [1.29, 1.82) is 0 Å². The molecule has 19 heavy (non-hydrogen) atoms. The van der Waals surface area contributed by atoms with Gasteiger partial charge in [0.15, 0.2) is 6.20 Å². The van der Waals surface area contributed by atoms with Crippen LogP contribution in [0.5, 0.6) is 0 Å². The highest BCUT2D eigenvalue weighted by Crippen LogP contribution is 2.36. The molecular formula is C11H11FN2O5. The molecule has 2 heterocycles. The minimum atomic E-state index is -3.53. The number of H-pyrrole nitrogens is 1. The lowest BCUT2D eigenvalue weighted by Crippen LogP contribution is -2.37. The van der Waals surface area contributed by atoms with Crippen LogP contribution in [-0.2, 0) is 4.74 Å². The normalized spacial score (nSPS) is 37.2. The van der Waals surface area contributed by atoms with Crippen LogP contribution < -0.4 is 11.2 Å². The number of hydrogen-bond acceptors (Lipinski definition) is 5. The van der Waals surface area contributed by atoms with Crippen molar-refractivity contribution in [2.45, 2.75) is 24.6 Å². The van der Waals surface area contributed by atoms with Gasteiger partial charge in [-0.2, -0.15) is 0 Å². The van der Waals surface area contributed by atoms with E-state index in [0.717, 1.165) is 0 Å². The third-order valence-electron chi connectivity index (χ3n) is 2.51. The van der Waals surface area contributed by atoms with Crippen molar-refractivity contribution in [1.82, 2.24) is 9.55 Å². The fraction of sp³-hybridized carbons (Fsp3) is 0.455. The standard InChI is InChI=1S/C11H11FN2O5/c1-2-6-4-14(10(18)13-8(6)17)9-7(16)3-11(12,5-15)19-9/h1,4,7,9,15-16H,3,5H2,(H,13,17,18)/t7-,9-,11+/m1/s1/i5D2,9D. The first-order valence-corrected chi connectivity index (χ1v) is 5.07. The maximum absolute atomic E-state index is 14.3. The molecule has 3 atom stereocenters. The van der Waals surface area contributed by atoms with Crippen molar-refractivity contribution in [3.05, 3.63) is 32.6 Å². The number of rotatable bonds is 2. The van der Waals surface area contributed by atoms with Crippen LogP contribution in [0.4, 0.5) is 4.39 Å². The quantitative estimate of drug-likeness (QED) is 0.566. The lowest BCUT2D eigenvalue weighted by atomic mass is 10.2. The summed E-state index contributed by atoms with van der Waals surface area (Å²) in [7, 11) is 0. The van der Waals surface area contributed by atoms with Crippen LogP contribution in [-0.4, -0.2) is 38.3 Å². The number of ether oxygens (including phenoxy) is 1. The van der Waals surface area contributed by atoms with Crippen molar-refractivity contribution >= 4 is 0 Å². The molecule has 0 amide bonds. The van der Waals surface area contributed by atoms with Gasteiger partial charge in [0.1, 0.15) is 18.2 Å². The molecule has 1 aliphatic heterocycles. The van der Waals surface area contributed by atoms with Crippen molar-refractivity contribution in [3.63, 3.8) is 0 Å². The van der Waals surface area contributed by atoms with E-state index in [1.54, 1.807) is 4.98 Å². The van der Waals surface area contributed by atoms with Gasteiger partial charge in [-0.3, -0.25) is 14.3 Å². The van der Waals surface area contributed by atoms with E-state index in [1.165, 1.54) is 0 Å². The summed E-state index contributed by atoms with van der Waals surface area (Å²) < 4.78 is 41.0. The molecule has 1 aromatic heterocycles. The Bertz CT molecular complexity index is 767. The Balaban J connectivity index is 2.61. The molecule has 0 radical (unpaired) electrons. The average molecular weight is 273 g/mol. The molecule has 1 fully saturated rings. The number of terminal acetylenes is 1. The van der Waals surface area contributed by atoms with E-state index in [9.17, 15) is 19.1 Å². The fourth-order valence-corrected chi connectivity index (χ4v) is 1.63. The van der Waals surface area contributed by atoms with Gasteiger partial charge in [0, 0.05) is 12.6 Å². The first-order valence-electron chi connectivity index (χ1n) is 6.57. The number of aliphatic hydroxyl groups excluding tert-OH is 1.